The second-order valence-electron chi connectivity index (χ2n) is 6.63. The number of carbonyl (C=O) groups is 1. The molecule has 10 heteroatoms. The van der Waals surface area contributed by atoms with E-state index >= 15 is 0 Å². The second kappa shape index (κ2) is 8.27. The quantitative estimate of drug-likeness (QED) is 0.624. The molecule has 0 atom stereocenters. The molecule has 1 aromatic carbocycles. The molecular formula is C19H19ClN4O3S2. The number of aromatic nitrogens is 1. The van der Waals surface area contributed by atoms with Crippen LogP contribution in [-0.4, -0.2) is 61.2 Å². The molecule has 0 unspecified atom stereocenters. The zero-order valence-electron chi connectivity index (χ0n) is 15.4. The fraction of sp³-hybridized carbons (Fsp3) is 0.263. The Labute approximate surface area is 178 Å². The Kier molecular flexibility index (Phi) is 5.73. The summed E-state index contributed by atoms with van der Waals surface area (Å²) in [6.45, 7) is 1.59. The number of piperazine rings is 1. The van der Waals surface area contributed by atoms with Gasteiger partial charge in [0.15, 0.2) is 0 Å². The van der Waals surface area contributed by atoms with Crippen LogP contribution >= 0.6 is 22.9 Å². The van der Waals surface area contributed by atoms with Crippen molar-refractivity contribution in [2.24, 2.45) is 0 Å². The zero-order valence-corrected chi connectivity index (χ0v) is 17.8. The van der Waals surface area contributed by atoms with Gasteiger partial charge in [0.25, 0.3) is 10.0 Å². The first-order valence-electron chi connectivity index (χ1n) is 9.04. The maximum Gasteiger partial charge on any atom is 0.253 e. The standard InChI is InChI=1S/C19H19ClN4O3S2/c20-15-2-1-14-11-19(28-17(14)12-15)29(26,27)24-10-9-23(18(25)13-24)8-7-22-16-3-5-21-6-4-16/h1-6,11-12H,7-10,13H2,(H,21,22). The summed E-state index contributed by atoms with van der Waals surface area (Å²) < 4.78 is 28.3. The normalized spacial score (nSPS) is 15.8. The molecule has 0 aliphatic carbocycles. The lowest BCUT2D eigenvalue weighted by Gasteiger charge is -2.33. The smallest absolute Gasteiger partial charge is 0.253 e. The van der Waals surface area contributed by atoms with E-state index in [-0.39, 0.29) is 23.2 Å². The van der Waals surface area contributed by atoms with Crippen LogP contribution in [0.2, 0.25) is 5.02 Å². The number of pyridine rings is 1. The number of sulfonamides is 1. The predicted molar refractivity (Wildman–Crippen MR) is 115 cm³/mol. The third-order valence-electron chi connectivity index (χ3n) is 4.73. The van der Waals surface area contributed by atoms with Gasteiger partial charge in [0.2, 0.25) is 5.91 Å². The first-order valence-corrected chi connectivity index (χ1v) is 11.7. The maximum atomic E-state index is 13.0. The molecule has 152 valence electrons. The molecule has 1 saturated heterocycles. The topological polar surface area (TPSA) is 82.6 Å². The Bertz CT molecular complexity index is 1130. The Balaban J connectivity index is 1.39. The van der Waals surface area contributed by atoms with Crippen LogP contribution in [0.3, 0.4) is 0 Å². The van der Waals surface area contributed by atoms with Crippen molar-refractivity contribution in [3.05, 3.63) is 53.8 Å². The molecule has 29 heavy (non-hydrogen) atoms. The minimum atomic E-state index is -3.72. The van der Waals surface area contributed by atoms with Crippen LogP contribution in [0.4, 0.5) is 5.69 Å². The number of nitrogens with one attached hydrogen (secondary N) is 1. The van der Waals surface area contributed by atoms with Gasteiger partial charge in [-0.2, -0.15) is 4.31 Å². The van der Waals surface area contributed by atoms with E-state index in [2.05, 4.69) is 10.3 Å². The lowest BCUT2D eigenvalue weighted by atomic mass is 10.3. The van der Waals surface area contributed by atoms with Gasteiger partial charge in [0.05, 0.1) is 6.54 Å². The van der Waals surface area contributed by atoms with E-state index in [9.17, 15) is 13.2 Å². The van der Waals surface area contributed by atoms with E-state index in [0.717, 1.165) is 15.8 Å². The number of halogens is 1. The molecule has 4 rings (SSSR count). The monoisotopic (exact) mass is 450 g/mol. The lowest BCUT2D eigenvalue weighted by Crippen LogP contribution is -2.52. The van der Waals surface area contributed by atoms with Crippen molar-refractivity contribution in [2.45, 2.75) is 4.21 Å². The van der Waals surface area contributed by atoms with Crippen molar-refractivity contribution in [1.29, 1.82) is 0 Å². The average molecular weight is 451 g/mol. The van der Waals surface area contributed by atoms with Gasteiger partial charge in [0.1, 0.15) is 4.21 Å². The minimum absolute atomic E-state index is 0.146. The lowest BCUT2D eigenvalue weighted by molar-refractivity contribution is -0.133. The molecule has 7 nitrogen and oxygen atoms in total. The van der Waals surface area contributed by atoms with Gasteiger partial charge >= 0.3 is 0 Å². The number of anilines is 1. The van der Waals surface area contributed by atoms with Crippen LogP contribution in [0.15, 0.2) is 53.0 Å². The van der Waals surface area contributed by atoms with Crippen molar-refractivity contribution in [2.75, 3.05) is 38.0 Å². The van der Waals surface area contributed by atoms with E-state index in [4.69, 9.17) is 11.6 Å². The summed E-state index contributed by atoms with van der Waals surface area (Å²) in [4.78, 5) is 18.2. The van der Waals surface area contributed by atoms with Crippen LogP contribution in [0, 0.1) is 0 Å². The number of carbonyl (C=O) groups excluding carboxylic acids is 1. The summed E-state index contributed by atoms with van der Waals surface area (Å²) in [7, 11) is -3.72. The third-order valence-corrected chi connectivity index (χ3v) is 8.36. The van der Waals surface area contributed by atoms with Crippen LogP contribution in [-0.2, 0) is 14.8 Å². The van der Waals surface area contributed by atoms with Crippen LogP contribution in [0.1, 0.15) is 0 Å². The largest absolute Gasteiger partial charge is 0.383 e. The summed E-state index contributed by atoms with van der Waals surface area (Å²) in [5, 5.41) is 4.61. The van der Waals surface area contributed by atoms with E-state index in [1.807, 2.05) is 12.1 Å². The van der Waals surface area contributed by atoms with Gasteiger partial charge in [-0.3, -0.25) is 9.78 Å². The molecule has 0 spiro atoms. The SMILES string of the molecule is O=C1CN(S(=O)(=O)c2cc3ccc(Cl)cc3s2)CCN1CCNc1ccncc1. The van der Waals surface area contributed by atoms with Crippen molar-refractivity contribution >= 4 is 54.6 Å². The molecule has 1 fully saturated rings. The summed E-state index contributed by atoms with van der Waals surface area (Å²) in [6.07, 6.45) is 3.39. The molecule has 1 N–H and O–H groups in total. The summed E-state index contributed by atoms with van der Waals surface area (Å²) in [6, 6.07) is 10.6. The van der Waals surface area contributed by atoms with Gasteiger partial charge in [-0.1, -0.05) is 17.7 Å². The van der Waals surface area contributed by atoms with Crippen molar-refractivity contribution < 1.29 is 13.2 Å². The molecule has 0 bridgehead atoms. The summed E-state index contributed by atoms with van der Waals surface area (Å²) in [5.74, 6) is -0.194. The number of benzene rings is 1. The summed E-state index contributed by atoms with van der Waals surface area (Å²) in [5.41, 5.74) is 0.929. The van der Waals surface area contributed by atoms with Crippen molar-refractivity contribution in [3.8, 4) is 0 Å². The molecule has 0 radical (unpaired) electrons. The number of hydrogen-bond acceptors (Lipinski definition) is 6. The Morgan fingerprint density at radius 3 is 2.69 bits per heavy atom. The molecule has 3 aromatic rings. The van der Waals surface area contributed by atoms with Gasteiger partial charge in [-0.25, -0.2) is 8.42 Å². The molecule has 1 aliphatic heterocycles. The van der Waals surface area contributed by atoms with Crippen molar-refractivity contribution in [1.82, 2.24) is 14.2 Å². The molecule has 1 amide bonds. The molecule has 3 heterocycles. The number of fused-ring (bicyclic) bond motifs is 1. The van der Waals surface area contributed by atoms with Gasteiger partial charge in [-0.15, -0.1) is 11.3 Å². The Hall–Kier alpha value is -2.20. The highest BCUT2D eigenvalue weighted by molar-refractivity contribution is 7.91. The second-order valence-corrected chi connectivity index (χ2v) is 10.3. The average Bonchev–Trinajstić information content (AvgIpc) is 3.14. The fourth-order valence-corrected chi connectivity index (χ4v) is 6.38. The maximum absolute atomic E-state index is 13.0. The van der Waals surface area contributed by atoms with Crippen molar-refractivity contribution in [3.63, 3.8) is 0 Å². The Morgan fingerprint density at radius 2 is 1.93 bits per heavy atom. The molecular weight excluding hydrogens is 432 g/mol. The summed E-state index contributed by atoms with van der Waals surface area (Å²) >= 11 is 7.17. The van der Waals surface area contributed by atoms with Crippen LogP contribution < -0.4 is 5.32 Å². The van der Waals surface area contributed by atoms with Gasteiger partial charge in [0, 0.05) is 54.0 Å². The number of rotatable bonds is 6. The van der Waals surface area contributed by atoms with Crippen LogP contribution in [0.5, 0.6) is 0 Å². The number of nitrogens with zero attached hydrogens (tertiary/aromatic N) is 3. The highest BCUT2D eigenvalue weighted by atomic mass is 35.5. The molecule has 0 saturated carbocycles. The van der Waals surface area contributed by atoms with Crippen LogP contribution in [0.25, 0.3) is 10.1 Å². The first-order chi connectivity index (χ1) is 13.9. The Morgan fingerprint density at radius 1 is 1.14 bits per heavy atom. The predicted octanol–water partition coefficient (Wildman–Crippen LogP) is 2.89. The fourth-order valence-electron chi connectivity index (χ4n) is 3.17. The van der Waals surface area contributed by atoms with E-state index < -0.39 is 10.0 Å². The number of hydrogen-bond donors (Lipinski definition) is 1. The molecule has 2 aromatic heterocycles. The first kappa shape index (κ1) is 20.1. The molecule has 1 aliphatic rings. The minimum Gasteiger partial charge on any atom is -0.383 e. The van der Waals surface area contributed by atoms with E-state index in [0.29, 0.717) is 24.7 Å². The van der Waals surface area contributed by atoms with Gasteiger partial charge < -0.3 is 10.2 Å². The van der Waals surface area contributed by atoms with Gasteiger partial charge in [-0.05, 0) is 35.7 Å². The zero-order chi connectivity index (χ0) is 20.4. The van der Waals surface area contributed by atoms with E-state index in [1.54, 1.807) is 41.6 Å². The number of amides is 1. The highest BCUT2D eigenvalue weighted by Gasteiger charge is 2.33. The van der Waals surface area contributed by atoms with E-state index in [1.165, 1.54) is 15.6 Å². The number of thiophene rings is 1. The third kappa shape index (κ3) is 4.37. The highest BCUT2D eigenvalue weighted by Crippen LogP contribution is 2.33.